The van der Waals surface area contributed by atoms with Crippen LogP contribution in [0.15, 0.2) is 18.2 Å². The summed E-state index contributed by atoms with van der Waals surface area (Å²) in [6, 6.07) is 5.13. The van der Waals surface area contributed by atoms with Gasteiger partial charge in [-0.2, -0.15) is 0 Å². The van der Waals surface area contributed by atoms with Gasteiger partial charge in [0.2, 0.25) is 0 Å². The van der Waals surface area contributed by atoms with Gasteiger partial charge in [0.05, 0.1) is 12.0 Å². The number of ether oxygens (including phenoxy) is 1. The molecular weight excluding hydrogens is 306 g/mol. The Morgan fingerprint density at radius 3 is 2.86 bits per heavy atom. The lowest BCUT2D eigenvalue weighted by molar-refractivity contribution is -0.157. The van der Waals surface area contributed by atoms with Gasteiger partial charge in [-0.3, -0.25) is 9.59 Å². The van der Waals surface area contributed by atoms with Crippen molar-refractivity contribution in [3.8, 4) is 0 Å². The van der Waals surface area contributed by atoms with E-state index >= 15 is 0 Å². The standard InChI is InChI=1S/C16H18ClNO4/c1-10-6-12(17)2-3-13(10)14(19)18-7-11-8-22-5-4-16(11,9-18)15(20)21/h2-3,6,11H,4-5,7-9H2,1H3,(H,20,21)/t11-,16+/m0/s1. The third kappa shape index (κ3) is 2.38. The van der Waals surface area contributed by atoms with Crippen LogP contribution >= 0.6 is 11.6 Å². The zero-order chi connectivity index (χ0) is 15.9. The molecule has 1 amide bonds. The Kier molecular flexibility index (Phi) is 3.87. The lowest BCUT2D eigenvalue weighted by atomic mass is 9.74. The van der Waals surface area contributed by atoms with Crippen LogP contribution in [0.1, 0.15) is 22.3 Å². The third-order valence-electron chi connectivity index (χ3n) is 4.84. The molecule has 0 spiro atoms. The Hall–Kier alpha value is -1.59. The summed E-state index contributed by atoms with van der Waals surface area (Å²) in [5.74, 6) is -1.11. The van der Waals surface area contributed by atoms with Crippen molar-refractivity contribution in [3.05, 3.63) is 34.3 Å². The summed E-state index contributed by atoms with van der Waals surface area (Å²) in [5.41, 5.74) is 0.506. The second kappa shape index (κ2) is 5.56. The van der Waals surface area contributed by atoms with Crippen molar-refractivity contribution >= 4 is 23.5 Å². The van der Waals surface area contributed by atoms with E-state index < -0.39 is 11.4 Å². The molecule has 0 saturated carbocycles. The Balaban J connectivity index is 1.87. The first-order valence-electron chi connectivity index (χ1n) is 7.30. The van der Waals surface area contributed by atoms with E-state index in [0.717, 1.165) is 5.56 Å². The van der Waals surface area contributed by atoms with E-state index in [0.29, 0.717) is 36.8 Å². The molecule has 2 aliphatic rings. The van der Waals surface area contributed by atoms with Gasteiger partial charge in [-0.05, 0) is 37.1 Å². The van der Waals surface area contributed by atoms with Crippen molar-refractivity contribution in [1.29, 1.82) is 0 Å². The van der Waals surface area contributed by atoms with Gasteiger partial charge in [0, 0.05) is 36.2 Å². The van der Waals surface area contributed by atoms with Crippen LogP contribution in [0.2, 0.25) is 5.02 Å². The van der Waals surface area contributed by atoms with Gasteiger partial charge < -0.3 is 14.7 Å². The Morgan fingerprint density at radius 2 is 2.23 bits per heavy atom. The molecule has 1 aromatic carbocycles. The molecule has 6 heteroatoms. The average molecular weight is 324 g/mol. The summed E-state index contributed by atoms with van der Waals surface area (Å²) < 4.78 is 5.41. The number of aliphatic carboxylic acids is 1. The van der Waals surface area contributed by atoms with E-state index in [9.17, 15) is 14.7 Å². The molecule has 1 aromatic rings. The number of benzene rings is 1. The van der Waals surface area contributed by atoms with Crippen LogP contribution in [-0.4, -0.2) is 48.2 Å². The van der Waals surface area contributed by atoms with Crippen molar-refractivity contribution in [3.63, 3.8) is 0 Å². The predicted molar refractivity (Wildman–Crippen MR) is 81.1 cm³/mol. The number of hydrogen-bond acceptors (Lipinski definition) is 3. The molecule has 0 radical (unpaired) electrons. The van der Waals surface area contributed by atoms with Gasteiger partial charge in [0.15, 0.2) is 0 Å². The lowest BCUT2D eigenvalue weighted by Gasteiger charge is -2.33. The first kappa shape index (κ1) is 15.3. The lowest BCUT2D eigenvalue weighted by Crippen LogP contribution is -2.45. The van der Waals surface area contributed by atoms with E-state index in [-0.39, 0.29) is 18.4 Å². The number of carbonyl (C=O) groups excluding carboxylic acids is 1. The zero-order valence-electron chi connectivity index (χ0n) is 12.3. The summed E-state index contributed by atoms with van der Waals surface area (Å²) in [4.78, 5) is 26.1. The van der Waals surface area contributed by atoms with E-state index in [4.69, 9.17) is 16.3 Å². The quantitative estimate of drug-likeness (QED) is 0.906. The number of rotatable bonds is 2. The van der Waals surface area contributed by atoms with Crippen LogP contribution in [0.5, 0.6) is 0 Å². The fourth-order valence-corrected chi connectivity index (χ4v) is 3.72. The highest BCUT2D eigenvalue weighted by Crippen LogP contribution is 2.43. The van der Waals surface area contributed by atoms with Crippen LogP contribution in [0, 0.1) is 18.3 Å². The number of nitrogens with zero attached hydrogens (tertiary/aromatic N) is 1. The average Bonchev–Trinajstić information content (AvgIpc) is 2.87. The van der Waals surface area contributed by atoms with Crippen LogP contribution in [0.4, 0.5) is 0 Å². The van der Waals surface area contributed by atoms with Crippen LogP contribution in [-0.2, 0) is 9.53 Å². The molecule has 5 nitrogen and oxygen atoms in total. The monoisotopic (exact) mass is 323 g/mol. The Morgan fingerprint density at radius 1 is 1.45 bits per heavy atom. The van der Waals surface area contributed by atoms with Crippen molar-refractivity contribution in [2.45, 2.75) is 13.3 Å². The normalized spacial score (nSPS) is 27.5. The van der Waals surface area contributed by atoms with E-state index in [1.165, 1.54) is 0 Å². The number of likely N-dealkylation sites (tertiary alicyclic amines) is 1. The summed E-state index contributed by atoms with van der Waals surface area (Å²) in [6.07, 6.45) is 0.455. The molecule has 2 aliphatic heterocycles. The molecule has 2 saturated heterocycles. The molecule has 3 rings (SSSR count). The van der Waals surface area contributed by atoms with Crippen LogP contribution in [0.25, 0.3) is 0 Å². The fourth-order valence-electron chi connectivity index (χ4n) is 3.49. The van der Waals surface area contributed by atoms with Crippen molar-refractivity contribution < 1.29 is 19.4 Å². The minimum absolute atomic E-state index is 0.135. The number of carboxylic acid groups (broad SMARTS) is 1. The maximum Gasteiger partial charge on any atom is 0.311 e. The molecule has 2 fully saturated rings. The van der Waals surface area contributed by atoms with Crippen molar-refractivity contribution in [2.24, 2.45) is 11.3 Å². The smallest absolute Gasteiger partial charge is 0.311 e. The first-order chi connectivity index (χ1) is 10.4. The van der Waals surface area contributed by atoms with Crippen molar-refractivity contribution in [2.75, 3.05) is 26.3 Å². The summed E-state index contributed by atoms with van der Waals surface area (Å²) in [5, 5.41) is 10.2. The number of hydrogen-bond donors (Lipinski definition) is 1. The molecule has 2 atom stereocenters. The highest BCUT2D eigenvalue weighted by atomic mass is 35.5. The largest absolute Gasteiger partial charge is 0.481 e. The van der Waals surface area contributed by atoms with E-state index in [1.54, 1.807) is 23.1 Å². The van der Waals surface area contributed by atoms with E-state index in [2.05, 4.69) is 0 Å². The van der Waals surface area contributed by atoms with Gasteiger partial charge in [-0.25, -0.2) is 0 Å². The number of carboxylic acids is 1. The zero-order valence-corrected chi connectivity index (χ0v) is 13.1. The molecule has 22 heavy (non-hydrogen) atoms. The second-order valence-corrected chi connectivity index (χ2v) is 6.56. The minimum Gasteiger partial charge on any atom is -0.481 e. The Labute approximate surface area is 133 Å². The molecule has 1 N–H and O–H groups in total. The molecule has 2 heterocycles. The molecule has 118 valence electrons. The third-order valence-corrected chi connectivity index (χ3v) is 5.07. The number of carbonyl (C=O) groups is 2. The number of amides is 1. The molecular formula is C16H18ClNO4. The summed E-state index contributed by atoms with van der Waals surface area (Å²) in [6.45, 7) is 3.34. The SMILES string of the molecule is Cc1cc(Cl)ccc1C(=O)N1C[C@H]2COCC[C@@]2(C(=O)O)C1. The van der Waals surface area contributed by atoms with Crippen LogP contribution in [0.3, 0.4) is 0 Å². The summed E-state index contributed by atoms with van der Waals surface area (Å²) >= 11 is 5.93. The first-order valence-corrected chi connectivity index (χ1v) is 7.68. The maximum atomic E-state index is 12.7. The van der Waals surface area contributed by atoms with Gasteiger partial charge in [0.25, 0.3) is 5.91 Å². The highest BCUT2D eigenvalue weighted by molar-refractivity contribution is 6.30. The number of aryl methyl sites for hydroxylation is 1. The van der Waals surface area contributed by atoms with E-state index in [1.807, 2.05) is 6.92 Å². The topological polar surface area (TPSA) is 66.8 Å². The highest BCUT2D eigenvalue weighted by Gasteiger charge is 2.55. The maximum absolute atomic E-state index is 12.7. The van der Waals surface area contributed by atoms with Gasteiger partial charge in [-0.1, -0.05) is 11.6 Å². The molecule has 0 bridgehead atoms. The van der Waals surface area contributed by atoms with Gasteiger partial charge in [-0.15, -0.1) is 0 Å². The number of halogens is 1. The number of fused-ring (bicyclic) bond motifs is 1. The molecule has 0 unspecified atom stereocenters. The molecule has 0 aromatic heterocycles. The second-order valence-electron chi connectivity index (χ2n) is 6.13. The molecule has 0 aliphatic carbocycles. The summed E-state index contributed by atoms with van der Waals surface area (Å²) in [7, 11) is 0. The van der Waals surface area contributed by atoms with Gasteiger partial charge >= 0.3 is 5.97 Å². The fraction of sp³-hybridized carbons (Fsp3) is 0.500. The van der Waals surface area contributed by atoms with Crippen molar-refractivity contribution in [1.82, 2.24) is 4.90 Å². The van der Waals surface area contributed by atoms with Gasteiger partial charge in [0.1, 0.15) is 0 Å². The Bertz CT molecular complexity index is 633. The van der Waals surface area contributed by atoms with Crippen LogP contribution < -0.4 is 0 Å². The predicted octanol–water partition coefficient (Wildman–Crippen LogP) is 2.21. The minimum atomic E-state index is -0.867.